The Morgan fingerprint density at radius 3 is 2.69 bits per heavy atom. The molecule has 3 heterocycles. The Morgan fingerprint density at radius 2 is 2.00 bits per heavy atom. The summed E-state index contributed by atoms with van der Waals surface area (Å²) in [4.78, 5) is 45.0. The number of amides is 2. The van der Waals surface area contributed by atoms with Crippen LogP contribution in [0.15, 0.2) is 53.6 Å². The summed E-state index contributed by atoms with van der Waals surface area (Å²) in [5, 5.41) is 14.9. The molecular formula is C27H29F2N5O5. The van der Waals surface area contributed by atoms with Crippen LogP contribution in [0.25, 0.3) is 0 Å². The number of carbonyl (C=O) groups is 2. The number of carbonyl (C=O) groups excluding carboxylic acids is 2. The van der Waals surface area contributed by atoms with Gasteiger partial charge in [0.25, 0.3) is 11.8 Å². The van der Waals surface area contributed by atoms with Crippen molar-refractivity contribution < 1.29 is 28.2 Å². The Labute approximate surface area is 223 Å². The molecule has 10 nitrogen and oxygen atoms in total. The van der Waals surface area contributed by atoms with E-state index in [1.165, 1.54) is 21.8 Å². The van der Waals surface area contributed by atoms with Crippen LogP contribution in [-0.2, 0) is 17.8 Å². The van der Waals surface area contributed by atoms with Crippen molar-refractivity contribution in [3.05, 3.63) is 93.2 Å². The second-order valence-corrected chi connectivity index (χ2v) is 9.30. The lowest BCUT2D eigenvalue weighted by atomic mass is 10.1. The summed E-state index contributed by atoms with van der Waals surface area (Å²) in [5.41, 5.74) is -1.12. The van der Waals surface area contributed by atoms with Crippen LogP contribution in [0.4, 0.5) is 8.78 Å². The fourth-order valence-corrected chi connectivity index (χ4v) is 4.14. The van der Waals surface area contributed by atoms with E-state index in [9.17, 15) is 28.3 Å². The van der Waals surface area contributed by atoms with Gasteiger partial charge >= 0.3 is 0 Å². The van der Waals surface area contributed by atoms with Crippen LogP contribution in [0, 0.1) is 11.6 Å². The maximum atomic E-state index is 14.0. The average molecular weight is 542 g/mol. The molecule has 0 atom stereocenters. The summed E-state index contributed by atoms with van der Waals surface area (Å²) < 4.78 is 34.0. The first kappa shape index (κ1) is 27.7. The van der Waals surface area contributed by atoms with E-state index in [0.717, 1.165) is 6.07 Å². The molecule has 3 aromatic rings. The number of benzene rings is 1. The second kappa shape index (κ2) is 12.0. The highest BCUT2D eigenvalue weighted by molar-refractivity contribution is 5.99. The van der Waals surface area contributed by atoms with E-state index >= 15 is 0 Å². The maximum absolute atomic E-state index is 14.0. The van der Waals surface area contributed by atoms with Gasteiger partial charge in [-0.15, -0.1) is 0 Å². The third-order valence-electron chi connectivity index (χ3n) is 6.09. The fraction of sp³-hybridized carbons (Fsp3) is 0.333. The minimum atomic E-state index is -1.05. The van der Waals surface area contributed by atoms with Crippen molar-refractivity contribution in [1.82, 2.24) is 19.9 Å². The van der Waals surface area contributed by atoms with Crippen molar-refractivity contribution in [1.29, 1.82) is 0 Å². The highest BCUT2D eigenvalue weighted by Gasteiger charge is 2.34. The summed E-state index contributed by atoms with van der Waals surface area (Å²) in [6.45, 7) is 4.52. The zero-order valence-electron chi connectivity index (χ0n) is 21.6. The summed E-state index contributed by atoms with van der Waals surface area (Å²) in [6.07, 6.45) is 3.36. The van der Waals surface area contributed by atoms with Crippen molar-refractivity contribution in [2.45, 2.75) is 39.5 Å². The molecule has 0 aliphatic carbocycles. The number of nitrogens with zero attached hydrogens (tertiary/aromatic N) is 4. The Hall–Kier alpha value is -4.32. The standard InChI is InChI=1S/C27H29F2N5O5/c1-17(2)39-11-5-10-32-16-33(14-20-6-3-4-9-30-20)34-15-21(24(35)25(36)23(34)27(32)38)26(37)31-13-18-7-8-19(28)12-22(18)29/h3-4,6-9,12,15,17,36H,5,10-11,13-14,16H2,1-2H3,(H,31,37). The molecule has 12 heteroatoms. The lowest BCUT2D eigenvalue weighted by Crippen LogP contribution is -2.54. The minimum Gasteiger partial charge on any atom is -0.502 e. The number of aromatic hydroxyl groups is 1. The van der Waals surface area contributed by atoms with E-state index < -0.39 is 40.2 Å². The molecular weight excluding hydrogens is 512 g/mol. The van der Waals surface area contributed by atoms with Gasteiger partial charge in [-0.3, -0.25) is 29.1 Å². The topological polar surface area (TPSA) is 117 Å². The van der Waals surface area contributed by atoms with Crippen molar-refractivity contribution in [3.8, 4) is 5.75 Å². The third kappa shape index (κ3) is 6.40. The summed E-state index contributed by atoms with van der Waals surface area (Å²) in [7, 11) is 0. The third-order valence-corrected chi connectivity index (χ3v) is 6.09. The quantitative estimate of drug-likeness (QED) is 0.379. The fourth-order valence-electron chi connectivity index (χ4n) is 4.14. The van der Waals surface area contributed by atoms with Gasteiger partial charge in [0.15, 0.2) is 11.4 Å². The van der Waals surface area contributed by atoms with Crippen LogP contribution in [0.2, 0.25) is 0 Å². The molecule has 1 aromatic carbocycles. The predicted molar refractivity (Wildman–Crippen MR) is 138 cm³/mol. The van der Waals surface area contributed by atoms with E-state index in [1.54, 1.807) is 29.4 Å². The second-order valence-electron chi connectivity index (χ2n) is 9.30. The van der Waals surface area contributed by atoms with E-state index in [-0.39, 0.29) is 37.1 Å². The van der Waals surface area contributed by atoms with Gasteiger partial charge in [0.1, 0.15) is 23.9 Å². The van der Waals surface area contributed by atoms with E-state index in [2.05, 4.69) is 10.3 Å². The van der Waals surface area contributed by atoms with Gasteiger partial charge in [0, 0.05) is 43.7 Å². The first-order chi connectivity index (χ1) is 18.7. The number of halogens is 2. The molecule has 4 rings (SSSR count). The first-order valence-corrected chi connectivity index (χ1v) is 12.4. The highest BCUT2D eigenvalue weighted by atomic mass is 19.1. The Kier molecular flexibility index (Phi) is 8.55. The first-order valence-electron chi connectivity index (χ1n) is 12.4. The normalized spacial score (nSPS) is 13.1. The summed E-state index contributed by atoms with van der Waals surface area (Å²) >= 11 is 0. The van der Waals surface area contributed by atoms with Gasteiger partial charge < -0.3 is 20.1 Å². The summed E-state index contributed by atoms with van der Waals surface area (Å²) in [5.74, 6) is -3.97. The Balaban J connectivity index is 1.64. The Morgan fingerprint density at radius 1 is 1.21 bits per heavy atom. The molecule has 2 aromatic heterocycles. The van der Waals surface area contributed by atoms with Gasteiger partial charge in [-0.25, -0.2) is 8.78 Å². The van der Waals surface area contributed by atoms with Crippen LogP contribution in [0.1, 0.15) is 52.4 Å². The van der Waals surface area contributed by atoms with Crippen LogP contribution in [-0.4, -0.2) is 57.4 Å². The van der Waals surface area contributed by atoms with Crippen LogP contribution in [0.3, 0.4) is 0 Å². The number of fused-ring (bicyclic) bond motifs is 1. The van der Waals surface area contributed by atoms with Gasteiger partial charge in [0.05, 0.1) is 18.3 Å². The molecule has 0 spiro atoms. The molecule has 0 unspecified atom stereocenters. The van der Waals surface area contributed by atoms with Crippen LogP contribution < -0.4 is 15.8 Å². The molecule has 1 aliphatic heterocycles. The Bertz CT molecular complexity index is 1410. The number of hydrogen-bond acceptors (Lipinski definition) is 7. The van der Waals surface area contributed by atoms with Crippen LogP contribution >= 0.6 is 0 Å². The summed E-state index contributed by atoms with van der Waals surface area (Å²) in [6, 6.07) is 8.25. The molecule has 0 saturated heterocycles. The SMILES string of the molecule is CC(C)OCCCN1CN(Cc2ccccn2)n2cc(C(=O)NCc3ccc(F)cc3F)c(=O)c(O)c2C1=O. The van der Waals surface area contributed by atoms with Gasteiger partial charge in [-0.05, 0) is 38.5 Å². The molecule has 2 N–H and O–H groups in total. The molecule has 1 aliphatic rings. The smallest absolute Gasteiger partial charge is 0.277 e. The molecule has 39 heavy (non-hydrogen) atoms. The zero-order chi connectivity index (χ0) is 28.1. The average Bonchev–Trinajstić information content (AvgIpc) is 2.90. The van der Waals surface area contributed by atoms with Crippen LogP contribution in [0.5, 0.6) is 5.75 Å². The number of aromatic nitrogens is 2. The van der Waals surface area contributed by atoms with Crippen molar-refractivity contribution in [2.24, 2.45) is 0 Å². The minimum absolute atomic E-state index is 0.0103. The largest absolute Gasteiger partial charge is 0.502 e. The number of hydrogen-bond donors (Lipinski definition) is 2. The molecule has 2 amide bonds. The zero-order valence-corrected chi connectivity index (χ0v) is 21.6. The molecule has 0 fully saturated rings. The lowest BCUT2D eigenvalue weighted by Gasteiger charge is -2.39. The number of ether oxygens (including phenoxy) is 1. The number of nitrogens with one attached hydrogen (secondary N) is 1. The van der Waals surface area contributed by atoms with Crippen molar-refractivity contribution in [3.63, 3.8) is 0 Å². The molecule has 0 bridgehead atoms. The lowest BCUT2D eigenvalue weighted by molar-refractivity contribution is 0.0566. The number of pyridine rings is 2. The maximum Gasteiger partial charge on any atom is 0.277 e. The predicted octanol–water partition coefficient (Wildman–Crippen LogP) is 2.52. The van der Waals surface area contributed by atoms with Gasteiger partial charge in [0.2, 0.25) is 5.43 Å². The van der Waals surface area contributed by atoms with E-state index in [1.807, 2.05) is 13.8 Å². The van der Waals surface area contributed by atoms with Gasteiger partial charge in [-0.1, -0.05) is 12.1 Å². The molecule has 0 saturated carbocycles. The monoisotopic (exact) mass is 541 g/mol. The van der Waals surface area contributed by atoms with E-state index in [4.69, 9.17) is 4.74 Å². The molecule has 0 radical (unpaired) electrons. The van der Waals surface area contributed by atoms with E-state index in [0.29, 0.717) is 31.3 Å². The van der Waals surface area contributed by atoms with Gasteiger partial charge in [-0.2, -0.15) is 0 Å². The van der Waals surface area contributed by atoms with Crippen molar-refractivity contribution >= 4 is 11.8 Å². The molecule has 206 valence electrons. The highest BCUT2D eigenvalue weighted by Crippen LogP contribution is 2.23. The van der Waals surface area contributed by atoms with Crippen molar-refractivity contribution in [2.75, 3.05) is 24.8 Å². The number of rotatable bonds is 10.